The highest BCUT2D eigenvalue weighted by Crippen LogP contribution is 2.53. The van der Waals surface area contributed by atoms with Crippen LogP contribution in [0.5, 0.6) is 11.5 Å². The van der Waals surface area contributed by atoms with Crippen LogP contribution >= 0.6 is 23.2 Å². The molecule has 4 fully saturated rings. The fraction of sp³-hybridized carbons (Fsp3) is 0.641. The Balaban J connectivity index is 0.000000182. The van der Waals surface area contributed by atoms with Crippen molar-refractivity contribution in [1.29, 1.82) is 0 Å². The summed E-state index contributed by atoms with van der Waals surface area (Å²) in [5.41, 5.74) is 3.82. The highest BCUT2D eigenvalue weighted by molar-refractivity contribution is 7.91. The van der Waals surface area contributed by atoms with Crippen LogP contribution in [0.2, 0.25) is 10.0 Å². The molecule has 4 bridgehead atoms. The molecule has 4 aromatic rings. The minimum absolute atomic E-state index is 0.00746. The first-order chi connectivity index (χ1) is 48.5. The molecule has 20 nitrogen and oxygen atoms in total. The van der Waals surface area contributed by atoms with Gasteiger partial charge in [-0.25, -0.2) is 26.3 Å². The lowest BCUT2D eigenvalue weighted by Gasteiger charge is -2.50. The largest absolute Gasteiger partial charge is 0.490 e. The number of anilines is 2. The number of carbonyl (C=O) groups is 4. The number of piperazine rings is 2. The number of fused-ring (bicyclic) bond motifs is 8. The predicted octanol–water partition coefficient (Wildman–Crippen LogP) is 10.0. The number of aryl methyl sites for hydroxylation is 2. The number of nitrogens with zero attached hydrogens (tertiary/aromatic N) is 6. The third-order valence-electron chi connectivity index (χ3n) is 25.9. The van der Waals surface area contributed by atoms with Gasteiger partial charge in [0.25, 0.3) is 11.8 Å². The van der Waals surface area contributed by atoms with Crippen LogP contribution in [0.3, 0.4) is 0 Å². The second-order valence-electron chi connectivity index (χ2n) is 32.5. The molecule has 10 aliphatic rings. The number of hydrogen-bond donors (Lipinski definition) is 4. The Hall–Kier alpha value is -5.72. The van der Waals surface area contributed by atoms with Gasteiger partial charge in [0.05, 0.1) is 59.1 Å². The summed E-state index contributed by atoms with van der Waals surface area (Å²) in [5.74, 6) is -0.508. The van der Waals surface area contributed by atoms with E-state index in [0.717, 1.165) is 102 Å². The number of carbonyl (C=O) groups excluding carboxylic acids is 4. The summed E-state index contributed by atoms with van der Waals surface area (Å²) in [4.78, 5) is 67.6. The summed E-state index contributed by atoms with van der Waals surface area (Å²) in [6, 6.07) is 22.7. The SMILES string of the molecule is C[C@@H]1[C@@H](C)CCC[C@@](O)(CC(=O)N2CCN(C)CC2)[C@@H]2CC[C@H]2CN2C[C@@]3(CCCc4cc(Cl)ccc43)COc3ccc(cc32)C(=O)NS1(=O)=O.C[C@@H]1[C@@H](C)CCC[C@](O)(CC(=O)N2CCN(C)CC2)[C@@H]2CC[C@H]2CN2C[C@@]3(CCCc4cc(Cl)ccc43)COc3ccc(cc32)C(=O)NS1(=O)=O. The molecular formula is C78H106Cl2N8O12S2. The van der Waals surface area contributed by atoms with Crippen LogP contribution in [0.15, 0.2) is 72.8 Å². The van der Waals surface area contributed by atoms with Crippen molar-refractivity contribution >= 4 is 78.3 Å². The number of halogens is 2. The standard InChI is InChI=1S/2C39H53ClN4O6S/c2*1-26-6-4-15-39(47,22-36(45)43-18-16-42(3)17-19-43)33-11-8-30(33)23-44-24-38(14-5-7-28-20-31(40)10-12-32(28)38)25-50-35-13-9-29(21-34(35)44)37(46)41-51(48,49)27(26)2/h2*9-10,12-13,20-21,26-27,30,33,47H,4-8,11,14-19,22-25H2,1-3H3,(H,41,46)/t26-,27+,30-,33+,38-,39+;26-,27+,30-,33+,38-,39-/m00/s1. The van der Waals surface area contributed by atoms with E-state index in [0.29, 0.717) is 126 Å². The van der Waals surface area contributed by atoms with Crippen LogP contribution in [0.25, 0.3) is 0 Å². The first-order valence-corrected chi connectivity index (χ1v) is 41.5. The number of aliphatic hydroxyl groups is 2. The minimum Gasteiger partial charge on any atom is -0.490 e. The Labute approximate surface area is 614 Å². The van der Waals surface area contributed by atoms with E-state index >= 15 is 0 Å². The zero-order valence-electron chi connectivity index (χ0n) is 60.4. The van der Waals surface area contributed by atoms with Crippen LogP contribution in [0, 0.1) is 35.5 Å². The molecule has 6 heterocycles. The van der Waals surface area contributed by atoms with Crippen molar-refractivity contribution in [2.24, 2.45) is 35.5 Å². The third-order valence-corrected chi connectivity index (χ3v) is 30.2. The number of nitrogens with one attached hydrogen (secondary N) is 2. The van der Waals surface area contributed by atoms with Crippen LogP contribution < -0.4 is 28.7 Å². The Morgan fingerprint density at radius 2 is 0.912 bits per heavy atom. The summed E-state index contributed by atoms with van der Waals surface area (Å²) in [5, 5.41) is 25.1. The van der Waals surface area contributed by atoms with E-state index in [1.165, 1.54) is 22.3 Å². The third kappa shape index (κ3) is 15.5. The molecule has 4 aliphatic carbocycles. The quantitative estimate of drug-likeness (QED) is 0.149. The number of likely N-dealkylation sites (N-methyl/N-ethyl adjacent to an activating group) is 2. The van der Waals surface area contributed by atoms with Gasteiger partial charge < -0.3 is 49.1 Å². The van der Waals surface area contributed by atoms with E-state index in [-0.39, 0.29) is 82.1 Å². The molecule has 4 N–H and O–H groups in total. The number of hydrogen-bond acceptors (Lipinski definition) is 16. The van der Waals surface area contributed by atoms with Crippen LogP contribution in [0.1, 0.15) is 173 Å². The fourth-order valence-corrected chi connectivity index (χ4v) is 21.8. The highest BCUT2D eigenvalue weighted by atomic mass is 35.5. The Bertz CT molecular complexity index is 3790. The molecule has 4 aromatic carbocycles. The molecule has 0 aromatic heterocycles. The summed E-state index contributed by atoms with van der Waals surface area (Å²) in [6.45, 7) is 16.3. The molecule has 4 amide bonds. The van der Waals surface area contributed by atoms with Gasteiger partial charge >= 0.3 is 0 Å². The average molecular weight is 1480 g/mol. The van der Waals surface area contributed by atoms with E-state index in [2.05, 4.69) is 67.4 Å². The number of rotatable bonds is 4. The van der Waals surface area contributed by atoms with Gasteiger partial charge in [-0.15, -0.1) is 0 Å². The second-order valence-corrected chi connectivity index (χ2v) is 37.4. The fourth-order valence-electron chi connectivity index (χ4n) is 18.8. The molecule has 556 valence electrons. The normalized spacial score (nSPS) is 32.8. The lowest BCUT2D eigenvalue weighted by atomic mass is 9.61. The van der Waals surface area contributed by atoms with E-state index in [1.54, 1.807) is 50.2 Å². The zero-order valence-corrected chi connectivity index (χ0v) is 63.6. The molecule has 0 radical (unpaired) electrons. The smallest absolute Gasteiger partial charge is 0.264 e. The van der Waals surface area contributed by atoms with E-state index < -0.39 is 53.6 Å². The van der Waals surface area contributed by atoms with Crippen molar-refractivity contribution in [3.05, 3.63) is 116 Å². The van der Waals surface area contributed by atoms with Gasteiger partial charge in [0.15, 0.2) is 0 Å². The van der Waals surface area contributed by atoms with Gasteiger partial charge in [-0.3, -0.25) is 19.2 Å². The molecule has 2 saturated heterocycles. The topological polar surface area (TPSA) is 239 Å². The number of ether oxygens (including phenoxy) is 2. The van der Waals surface area contributed by atoms with Gasteiger partial charge in [-0.05, 0) is 236 Å². The van der Waals surface area contributed by atoms with Crippen molar-refractivity contribution < 1.29 is 55.7 Å². The summed E-state index contributed by atoms with van der Waals surface area (Å²) < 4.78 is 72.0. The first kappa shape index (κ1) is 74.5. The molecule has 2 spiro atoms. The van der Waals surface area contributed by atoms with Gasteiger partial charge in [0.2, 0.25) is 31.9 Å². The summed E-state index contributed by atoms with van der Waals surface area (Å²) in [6.07, 6.45) is 12.4. The second kappa shape index (κ2) is 29.9. The minimum atomic E-state index is -3.99. The van der Waals surface area contributed by atoms with Crippen molar-refractivity contribution in [2.75, 3.05) is 116 Å². The van der Waals surface area contributed by atoms with Gasteiger partial charge in [-0.2, -0.15) is 0 Å². The van der Waals surface area contributed by atoms with Crippen molar-refractivity contribution in [2.45, 2.75) is 176 Å². The monoisotopic (exact) mass is 1480 g/mol. The van der Waals surface area contributed by atoms with Crippen molar-refractivity contribution in [3.63, 3.8) is 0 Å². The maximum Gasteiger partial charge on any atom is 0.264 e. The van der Waals surface area contributed by atoms with E-state index in [4.69, 9.17) is 32.7 Å². The van der Waals surface area contributed by atoms with Gasteiger partial charge in [0, 0.05) is 111 Å². The van der Waals surface area contributed by atoms with E-state index in [1.807, 2.05) is 35.8 Å². The lowest BCUT2D eigenvalue weighted by Crippen LogP contribution is -2.55. The van der Waals surface area contributed by atoms with Crippen LogP contribution in [-0.4, -0.2) is 198 Å². The number of sulfonamides is 2. The number of amides is 4. The summed E-state index contributed by atoms with van der Waals surface area (Å²) in [7, 11) is -3.87. The molecule has 2 saturated carbocycles. The molecule has 6 aliphatic heterocycles. The summed E-state index contributed by atoms with van der Waals surface area (Å²) >= 11 is 12.9. The lowest BCUT2D eigenvalue weighted by molar-refractivity contribution is -0.148. The first-order valence-electron chi connectivity index (χ1n) is 37.6. The highest BCUT2D eigenvalue weighted by Gasteiger charge is 2.53. The Morgan fingerprint density at radius 3 is 1.28 bits per heavy atom. The van der Waals surface area contributed by atoms with Crippen molar-refractivity contribution in [1.82, 2.24) is 29.0 Å². The Kier molecular flexibility index (Phi) is 21.9. The molecule has 102 heavy (non-hydrogen) atoms. The van der Waals surface area contributed by atoms with Crippen LogP contribution in [-0.2, 0) is 53.3 Å². The molecule has 24 heteroatoms. The number of benzene rings is 4. The maximum absolute atomic E-state index is 13.8. The van der Waals surface area contributed by atoms with Crippen molar-refractivity contribution in [3.8, 4) is 11.5 Å². The van der Waals surface area contributed by atoms with Gasteiger partial charge in [-0.1, -0.05) is 62.0 Å². The molecule has 12 atom stereocenters. The molecule has 0 unspecified atom stereocenters. The van der Waals surface area contributed by atoms with Crippen LogP contribution in [0.4, 0.5) is 11.4 Å². The maximum atomic E-state index is 13.8. The molecular weight excluding hydrogens is 1380 g/mol. The van der Waals surface area contributed by atoms with E-state index in [9.17, 15) is 46.2 Å². The Morgan fingerprint density at radius 1 is 0.520 bits per heavy atom. The zero-order chi connectivity index (χ0) is 72.3. The van der Waals surface area contributed by atoms with Gasteiger partial charge in [0.1, 0.15) is 11.5 Å². The predicted molar refractivity (Wildman–Crippen MR) is 398 cm³/mol. The average Bonchev–Trinajstić information content (AvgIpc) is 1.46. The molecule has 14 rings (SSSR count).